The van der Waals surface area contributed by atoms with E-state index in [2.05, 4.69) is 23.4 Å². The molecular weight excluding hydrogens is 226 g/mol. The predicted octanol–water partition coefficient (Wildman–Crippen LogP) is 4.24. The first-order valence-corrected chi connectivity index (χ1v) is 5.82. The van der Waals surface area contributed by atoms with E-state index >= 15 is 0 Å². The molecule has 0 unspecified atom stereocenters. The minimum absolute atomic E-state index is 0.741. The maximum atomic E-state index is 5.93. The lowest BCUT2D eigenvalue weighted by Crippen LogP contribution is -1.95. The predicted molar refractivity (Wildman–Crippen MR) is 69.1 cm³/mol. The molecule has 0 saturated heterocycles. The fourth-order valence-corrected chi connectivity index (χ4v) is 2.82. The van der Waals surface area contributed by atoms with Crippen molar-refractivity contribution in [1.82, 2.24) is 5.16 Å². The van der Waals surface area contributed by atoms with Crippen molar-refractivity contribution in [3.05, 3.63) is 42.6 Å². The third-order valence-electron chi connectivity index (χ3n) is 3.59. The molecular formula is C15H7NO2. The standard InChI is InChI=1S/C15H7NO2/c1-2-4-10-8(3-1)5-9-6-12-14-11(7-16-18-14)13(9)15(10)17-12/h1-7H. The first-order chi connectivity index (χ1) is 8.92. The van der Waals surface area contributed by atoms with Gasteiger partial charge in [-0.3, -0.25) is 0 Å². The molecule has 0 radical (unpaired) electrons. The van der Waals surface area contributed by atoms with E-state index in [4.69, 9.17) is 9.26 Å². The van der Waals surface area contributed by atoms with Gasteiger partial charge in [0.2, 0.25) is 5.58 Å². The maximum Gasteiger partial charge on any atom is 0.210 e. The molecule has 0 aliphatic carbocycles. The molecule has 6 rings (SSSR count). The number of ether oxygens (including phenoxy) is 1. The number of fused-ring (bicyclic) bond motifs is 1. The minimum Gasteiger partial charge on any atom is -0.452 e. The summed E-state index contributed by atoms with van der Waals surface area (Å²) >= 11 is 0. The third kappa shape index (κ3) is 0.819. The number of hydrogen-bond acceptors (Lipinski definition) is 3. The molecule has 1 aromatic heterocycles. The molecule has 4 aromatic rings. The Labute approximate surface area is 102 Å². The monoisotopic (exact) mass is 233 g/mol. The smallest absolute Gasteiger partial charge is 0.210 e. The van der Waals surface area contributed by atoms with Gasteiger partial charge < -0.3 is 9.26 Å². The fourth-order valence-electron chi connectivity index (χ4n) is 2.82. The van der Waals surface area contributed by atoms with Crippen LogP contribution in [0.2, 0.25) is 0 Å². The summed E-state index contributed by atoms with van der Waals surface area (Å²) in [6.07, 6.45) is 1.77. The Hall–Kier alpha value is -2.55. The zero-order valence-electron chi connectivity index (χ0n) is 9.31. The van der Waals surface area contributed by atoms with E-state index in [1.54, 1.807) is 6.20 Å². The van der Waals surface area contributed by atoms with Crippen molar-refractivity contribution < 1.29 is 9.26 Å². The van der Waals surface area contributed by atoms with Crippen LogP contribution in [0.25, 0.3) is 32.5 Å². The van der Waals surface area contributed by atoms with Crippen LogP contribution < -0.4 is 4.74 Å². The fraction of sp³-hybridized carbons (Fsp3) is 0. The first-order valence-electron chi connectivity index (χ1n) is 5.82. The molecule has 3 nitrogen and oxygen atoms in total. The van der Waals surface area contributed by atoms with E-state index in [0.717, 1.165) is 33.2 Å². The Morgan fingerprint density at radius 2 is 1.89 bits per heavy atom. The second-order valence-electron chi connectivity index (χ2n) is 4.57. The summed E-state index contributed by atoms with van der Waals surface area (Å²) < 4.78 is 11.2. The van der Waals surface area contributed by atoms with Crippen LogP contribution in [-0.4, -0.2) is 5.16 Å². The highest BCUT2D eigenvalue weighted by atomic mass is 16.5. The number of aromatic nitrogens is 1. The Kier molecular flexibility index (Phi) is 1.25. The average Bonchev–Trinajstić information content (AvgIpc) is 2.89. The van der Waals surface area contributed by atoms with Gasteiger partial charge in [-0.2, -0.15) is 0 Å². The summed E-state index contributed by atoms with van der Waals surface area (Å²) in [6, 6.07) is 12.5. The van der Waals surface area contributed by atoms with E-state index in [-0.39, 0.29) is 0 Å². The Morgan fingerprint density at radius 1 is 0.944 bits per heavy atom. The molecule has 3 heterocycles. The molecule has 0 N–H and O–H groups in total. The van der Waals surface area contributed by atoms with Gasteiger partial charge in [0, 0.05) is 10.8 Å². The lowest BCUT2D eigenvalue weighted by atomic mass is 9.97. The molecule has 3 heteroatoms. The lowest BCUT2D eigenvalue weighted by Gasteiger charge is -2.19. The first kappa shape index (κ1) is 8.53. The van der Waals surface area contributed by atoms with Crippen LogP contribution in [0.5, 0.6) is 11.5 Å². The third-order valence-corrected chi connectivity index (χ3v) is 3.59. The zero-order valence-corrected chi connectivity index (χ0v) is 9.31. The van der Waals surface area contributed by atoms with Crippen LogP contribution in [0.15, 0.2) is 47.1 Å². The van der Waals surface area contributed by atoms with E-state index in [9.17, 15) is 0 Å². The van der Waals surface area contributed by atoms with Crippen molar-refractivity contribution in [1.29, 1.82) is 0 Å². The maximum absolute atomic E-state index is 5.93. The van der Waals surface area contributed by atoms with Gasteiger partial charge in [-0.1, -0.05) is 29.4 Å². The summed E-state index contributed by atoms with van der Waals surface area (Å²) in [6.45, 7) is 0. The molecule has 0 fully saturated rings. The van der Waals surface area contributed by atoms with Gasteiger partial charge in [-0.25, -0.2) is 0 Å². The molecule has 3 aromatic carbocycles. The molecule has 0 saturated carbocycles. The van der Waals surface area contributed by atoms with Crippen molar-refractivity contribution in [2.45, 2.75) is 0 Å². The van der Waals surface area contributed by atoms with Crippen LogP contribution >= 0.6 is 0 Å². The Morgan fingerprint density at radius 3 is 2.89 bits per heavy atom. The molecule has 0 spiro atoms. The van der Waals surface area contributed by atoms with E-state index in [1.807, 2.05) is 18.2 Å². The largest absolute Gasteiger partial charge is 0.452 e. The van der Waals surface area contributed by atoms with Crippen molar-refractivity contribution in [3.8, 4) is 11.5 Å². The van der Waals surface area contributed by atoms with Gasteiger partial charge in [-0.15, -0.1) is 0 Å². The summed E-state index contributed by atoms with van der Waals surface area (Å²) in [4.78, 5) is 0. The summed E-state index contributed by atoms with van der Waals surface area (Å²) in [5, 5.41) is 9.51. The molecule has 18 heavy (non-hydrogen) atoms. The molecule has 0 amide bonds. The topological polar surface area (TPSA) is 35.3 Å². The highest BCUT2D eigenvalue weighted by Gasteiger charge is 2.23. The molecule has 0 atom stereocenters. The zero-order chi connectivity index (χ0) is 11.7. The van der Waals surface area contributed by atoms with Crippen LogP contribution in [0.3, 0.4) is 0 Å². The minimum atomic E-state index is 0.741. The highest BCUT2D eigenvalue weighted by Crippen LogP contribution is 2.49. The average molecular weight is 233 g/mol. The van der Waals surface area contributed by atoms with E-state index in [0.29, 0.717) is 0 Å². The molecule has 2 aliphatic rings. The van der Waals surface area contributed by atoms with E-state index in [1.165, 1.54) is 10.8 Å². The van der Waals surface area contributed by atoms with Gasteiger partial charge in [0.1, 0.15) is 5.75 Å². The van der Waals surface area contributed by atoms with Crippen LogP contribution in [0.1, 0.15) is 0 Å². The molecule has 2 aliphatic heterocycles. The van der Waals surface area contributed by atoms with Crippen molar-refractivity contribution >= 4 is 32.5 Å². The molecule has 4 bridgehead atoms. The SMILES string of the molecule is c1ccc2c3c4c(cc(c5oncc54)O3)cc2c1. The Bertz CT molecular complexity index is 953. The second kappa shape index (κ2) is 2.64. The van der Waals surface area contributed by atoms with E-state index < -0.39 is 0 Å². The van der Waals surface area contributed by atoms with Crippen LogP contribution in [0, 0.1) is 0 Å². The summed E-state index contributed by atoms with van der Waals surface area (Å²) in [5.41, 5.74) is 0.741. The summed E-state index contributed by atoms with van der Waals surface area (Å²) in [7, 11) is 0. The normalized spacial score (nSPS) is 12.9. The van der Waals surface area contributed by atoms with Crippen LogP contribution in [0.4, 0.5) is 0 Å². The number of benzene rings is 3. The van der Waals surface area contributed by atoms with Crippen molar-refractivity contribution in [2.75, 3.05) is 0 Å². The van der Waals surface area contributed by atoms with Gasteiger partial charge in [-0.05, 0) is 22.9 Å². The number of rotatable bonds is 0. The second-order valence-corrected chi connectivity index (χ2v) is 4.57. The lowest BCUT2D eigenvalue weighted by molar-refractivity contribution is 0.428. The van der Waals surface area contributed by atoms with Gasteiger partial charge in [0.25, 0.3) is 0 Å². The quantitative estimate of drug-likeness (QED) is 0.375. The van der Waals surface area contributed by atoms with Crippen molar-refractivity contribution in [3.63, 3.8) is 0 Å². The Balaban J connectivity index is 2.20. The number of hydrogen-bond donors (Lipinski definition) is 0. The van der Waals surface area contributed by atoms with Gasteiger partial charge >= 0.3 is 0 Å². The van der Waals surface area contributed by atoms with Gasteiger partial charge in [0.05, 0.1) is 11.6 Å². The van der Waals surface area contributed by atoms with Gasteiger partial charge in [0.15, 0.2) is 5.75 Å². The van der Waals surface area contributed by atoms with Crippen molar-refractivity contribution in [2.24, 2.45) is 0 Å². The number of nitrogens with zero attached hydrogens (tertiary/aromatic N) is 1. The van der Waals surface area contributed by atoms with Crippen LogP contribution in [-0.2, 0) is 0 Å². The highest BCUT2D eigenvalue weighted by molar-refractivity contribution is 6.19. The summed E-state index contributed by atoms with van der Waals surface area (Å²) in [5.74, 6) is 1.68. The molecule has 84 valence electrons.